The van der Waals surface area contributed by atoms with Crippen LogP contribution in [0.2, 0.25) is 5.02 Å². The van der Waals surface area contributed by atoms with E-state index >= 15 is 0 Å². The van der Waals surface area contributed by atoms with Crippen LogP contribution in [0.5, 0.6) is 0 Å². The third-order valence-electron chi connectivity index (χ3n) is 6.13. The maximum Gasteiger partial charge on any atom is 0.343 e. The molecule has 0 unspecified atom stereocenters. The van der Waals surface area contributed by atoms with Crippen molar-refractivity contribution in [3.8, 4) is 11.4 Å². The maximum atomic E-state index is 13.3. The summed E-state index contributed by atoms with van der Waals surface area (Å²) in [6.45, 7) is 4.00. The van der Waals surface area contributed by atoms with E-state index < -0.39 is 11.6 Å². The van der Waals surface area contributed by atoms with Crippen molar-refractivity contribution in [2.75, 3.05) is 0 Å². The first-order valence-electron chi connectivity index (χ1n) is 9.67. The first kappa shape index (κ1) is 18.3. The van der Waals surface area contributed by atoms with Crippen LogP contribution in [0.25, 0.3) is 22.3 Å². The number of carbonyl (C=O) groups excluding carboxylic acids is 1. The van der Waals surface area contributed by atoms with Gasteiger partial charge in [-0.05, 0) is 36.6 Å². The molecule has 1 atom stereocenters. The molecule has 2 aliphatic rings. The lowest BCUT2D eigenvalue weighted by Crippen LogP contribution is -2.44. The topological polar surface area (TPSA) is 81.4 Å². The average Bonchev–Trinajstić information content (AvgIpc) is 3.08. The minimum Gasteiger partial charge on any atom is -0.458 e. The minimum absolute atomic E-state index is 0.121. The van der Waals surface area contributed by atoms with E-state index in [4.69, 9.17) is 21.3 Å². The average molecular weight is 411 g/mol. The zero-order valence-corrected chi connectivity index (χ0v) is 16.8. The first-order chi connectivity index (χ1) is 13.9. The Balaban J connectivity index is 1.85. The molecule has 2 aliphatic heterocycles. The minimum atomic E-state index is -1.82. The van der Waals surface area contributed by atoms with Gasteiger partial charge in [-0.15, -0.1) is 0 Å². The van der Waals surface area contributed by atoms with Crippen molar-refractivity contribution >= 4 is 28.5 Å². The standard InChI is InChI=1S/C22H19ClN2O4/c1-3-11-12-9-25-17(19(12)24-16-7-5-6-15(23)18(11)16)8-14-13(20(25)26)10-29-21(27)22(14,28)4-2/h5-8,28H,3-4,9-10H2,1-2H3/t22-/m0/s1. The first-order valence-corrected chi connectivity index (χ1v) is 10.1. The molecule has 2 aromatic heterocycles. The molecule has 0 bridgehead atoms. The van der Waals surface area contributed by atoms with Crippen LogP contribution in [0.1, 0.15) is 42.5 Å². The van der Waals surface area contributed by atoms with E-state index in [-0.39, 0.29) is 18.6 Å². The summed E-state index contributed by atoms with van der Waals surface area (Å²) in [5.41, 5.74) is 2.67. The molecule has 0 fully saturated rings. The van der Waals surface area contributed by atoms with Gasteiger partial charge in [-0.25, -0.2) is 9.78 Å². The maximum absolute atomic E-state index is 13.3. The second-order valence-electron chi connectivity index (χ2n) is 7.51. The predicted octanol–water partition coefficient (Wildman–Crippen LogP) is 3.30. The highest BCUT2D eigenvalue weighted by molar-refractivity contribution is 6.35. The second kappa shape index (κ2) is 6.15. The molecular formula is C22H19ClN2O4. The summed E-state index contributed by atoms with van der Waals surface area (Å²) in [5, 5.41) is 12.5. The Bertz CT molecular complexity index is 1280. The molecule has 0 saturated heterocycles. The number of nitrogens with zero attached hydrogens (tertiary/aromatic N) is 2. The quantitative estimate of drug-likeness (QED) is 0.513. The van der Waals surface area contributed by atoms with Crippen LogP contribution in [0, 0.1) is 0 Å². The number of aryl methyl sites for hydroxylation is 1. The molecule has 0 saturated carbocycles. The van der Waals surface area contributed by atoms with Gasteiger partial charge in [0.15, 0.2) is 5.60 Å². The van der Waals surface area contributed by atoms with Crippen LogP contribution in [0.15, 0.2) is 29.1 Å². The summed E-state index contributed by atoms with van der Waals surface area (Å²) >= 11 is 6.47. The number of carbonyl (C=O) groups is 1. The van der Waals surface area contributed by atoms with E-state index in [1.54, 1.807) is 17.6 Å². The van der Waals surface area contributed by atoms with Gasteiger partial charge in [0, 0.05) is 16.5 Å². The second-order valence-corrected chi connectivity index (χ2v) is 7.92. The molecule has 3 aromatic rings. The van der Waals surface area contributed by atoms with Crippen molar-refractivity contribution in [1.29, 1.82) is 0 Å². The Kier molecular flexibility index (Phi) is 3.89. The molecule has 0 radical (unpaired) electrons. The Morgan fingerprint density at radius 1 is 1.28 bits per heavy atom. The number of benzene rings is 1. The van der Waals surface area contributed by atoms with Crippen LogP contribution >= 0.6 is 11.6 Å². The van der Waals surface area contributed by atoms with Crippen molar-refractivity contribution < 1.29 is 14.6 Å². The van der Waals surface area contributed by atoms with Crippen LogP contribution in [-0.4, -0.2) is 20.6 Å². The lowest BCUT2D eigenvalue weighted by Gasteiger charge is -2.31. The number of rotatable bonds is 2. The van der Waals surface area contributed by atoms with E-state index in [0.717, 1.165) is 28.5 Å². The van der Waals surface area contributed by atoms with Crippen molar-refractivity contribution in [3.05, 3.63) is 61.9 Å². The summed E-state index contributed by atoms with van der Waals surface area (Å²) in [6, 6.07) is 7.33. The van der Waals surface area contributed by atoms with Crippen LogP contribution in [0.4, 0.5) is 0 Å². The summed E-state index contributed by atoms with van der Waals surface area (Å²) in [5.74, 6) is -0.720. The fourth-order valence-corrected chi connectivity index (χ4v) is 4.85. The normalized spacial score (nSPS) is 19.7. The number of fused-ring (bicyclic) bond motifs is 5. The van der Waals surface area contributed by atoms with Gasteiger partial charge in [0.05, 0.1) is 34.0 Å². The summed E-state index contributed by atoms with van der Waals surface area (Å²) < 4.78 is 6.77. The van der Waals surface area contributed by atoms with Crippen LogP contribution in [-0.2, 0) is 34.7 Å². The number of cyclic esters (lactones) is 1. The number of hydrogen-bond donors (Lipinski definition) is 1. The van der Waals surface area contributed by atoms with Crippen LogP contribution < -0.4 is 5.56 Å². The highest BCUT2D eigenvalue weighted by Gasteiger charge is 2.45. The number of aliphatic hydroxyl groups is 1. The Labute approximate surface area is 171 Å². The van der Waals surface area contributed by atoms with Gasteiger partial charge in [0.25, 0.3) is 5.56 Å². The van der Waals surface area contributed by atoms with Gasteiger partial charge in [0.1, 0.15) is 6.61 Å². The summed E-state index contributed by atoms with van der Waals surface area (Å²) in [6.07, 6.45) is 0.865. The van der Waals surface area contributed by atoms with Crippen LogP contribution in [0.3, 0.4) is 0 Å². The van der Waals surface area contributed by atoms with E-state index in [1.165, 1.54) is 0 Å². The number of halogens is 1. The van der Waals surface area contributed by atoms with Gasteiger partial charge >= 0.3 is 5.97 Å². The molecular weight excluding hydrogens is 392 g/mol. The van der Waals surface area contributed by atoms with Crippen molar-refractivity contribution in [2.24, 2.45) is 0 Å². The lowest BCUT2D eigenvalue weighted by molar-refractivity contribution is -0.172. The Hall–Kier alpha value is -2.70. The van der Waals surface area contributed by atoms with Gasteiger partial charge < -0.3 is 14.4 Å². The fourth-order valence-electron chi connectivity index (χ4n) is 4.57. The SMILES string of the molecule is CCc1c2c(nc3cccc(Cl)c13)-c1cc3c(c(=O)n1C2)COC(=O)[C@]3(O)CC. The highest BCUT2D eigenvalue weighted by Crippen LogP contribution is 2.41. The molecule has 1 N–H and O–H groups in total. The number of hydrogen-bond acceptors (Lipinski definition) is 5. The molecule has 6 nitrogen and oxygen atoms in total. The highest BCUT2D eigenvalue weighted by atomic mass is 35.5. The zero-order chi connectivity index (χ0) is 20.5. The molecule has 0 aliphatic carbocycles. The number of pyridine rings is 2. The van der Waals surface area contributed by atoms with Gasteiger partial charge in [-0.1, -0.05) is 31.5 Å². The molecule has 148 valence electrons. The summed E-state index contributed by atoms with van der Waals surface area (Å²) in [4.78, 5) is 30.3. The molecule has 1 aromatic carbocycles. The third-order valence-corrected chi connectivity index (χ3v) is 6.45. The van der Waals surface area contributed by atoms with Gasteiger partial charge in [-0.2, -0.15) is 0 Å². The van der Waals surface area contributed by atoms with Crippen molar-refractivity contribution in [3.63, 3.8) is 0 Å². The predicted molar refractivity (Wildman–Crippen MR) is 109 cm³/mol. The molecule has 0 amide bonds. The molecule has 0 spiro atoms. The lowest BCUT2D eigenvalue weighted by atomic mass is 9.86. The van der Waals surface area contributed by atoms with E-state index in [2.05, 4.69) is 6.92 Å². The summed E-state index contributed by atoms with van der Waals surface area (Å²) in [7, 11) is 0. The Morgan fingerprint density at radius 3 is 2.79 bits per heavy atom. The third kappa shape index (κ3) is 2.30. The Morgan fingerprint density at radius 2 is 2.07 bits per heavy atom. The molecule has 7 heteroatoms. The van der Waals surface area contributed by atoms with E-state index in [1.807, 2.05) is 18.2 Å². The van der Waals surface area contributed by atoms with Gasteiger partial charge in [0.2, 0.25) is 0 Å². The largest absolute Gasteiger partial charge is 0.458 e. The van der Waals surface area contributed by atoms with E-state index in [0.29, 0.717) is 34.1 Å². The fraction of sp³-hybridized carbons (Fsp3) is 0.318. The number of esters is 1. The number of ether oxygens (including phenoxy) is 1. The number of aromatic nitrogens is 2. The van der Waals surface area contributed by atoms with Crippen molar-refractivity contribution in [1.82, 2.24) is 9.55 Å². The van der Waals surface area contributed by atoms with E-state index in [9.17, 15) is 14.7 Å². The molecule has 5 rings (SSSR count). The molecule has 4 heterocycles. The zero-order valence-electron chi connectivity index (χ0n) is 16.1. The molecule has 29 heavy (non-hydrogen) atoms. The smallest absolute Gasteiger partial charge is 0.343 e. The van der Waals surface area contributed by atoms with Gasteiger partial charge in [-0.3, -0.25) is 4.79 Å². The monoisotopic (exact) mass is 410 g/mol. The van der Waals surface area contributed by atoms with Crippen molar-refractivity contribution in [2.45, 2.75) is 45.4 Å².